The molecule has 1 fully saturated rings. The normalized spacial score (nSPS) is 16.2. The molecule has 0 radical (unpaired) electrons. The van der Waals surface area contributed by atoms with Crippen molar-refractivity contribution in [2.24, 2.45) is 5.41 Å². The first-order valence-electron chi connectivity index (χ1n) is 7.76. The fourth-order valence-electron chi connectivity index (χ4n) is 2.52. The van der Waals surface area contributed by atoms with Gasteiger partial charge in [-0.1, -0.05) is 6.92 Å². The number of hydrogen-bond donors (Lipinski definition) is 0. The van der Waals surface area contributed by atoms with Crippen LogP contribution in [0.1, 0.15) is 31.1 Å². The molecule has 1 aliphatic heterocycles. The Balaban J connectivity index is 1.95. The number of benzene rings is 1. The number of hydrogen-bond acceptors (Lipinski definition) is 5. The van der Waals surface area contributed by atoms with E-state index in [1.165, 1.54) is 0 Å². The molecule has 2 heterocycles. The van der Waals surface area contributed by atoms with E-state index in [-0.39, 0.29) is 11.5 Å². The molecule has 2 aromatic rings. The Bertz CT molecular complexity index is 722. The fourth-order valence-corrected chi connectivity index (χ4v) is 2.52. The van der Waals surface area contributed by atoms with E-state index >= 15 is 0 Å². The molecular weight excluding hydrogens is 294 g/mol. The molecule has 0 bridgehead atoms. The first-order valence-corrected chi connectivity index (χ1v) is 7.76. The van der Waals surface area contributed by atoms with E-state index in [0.29, 0.717) is 31.1 Å². The highest BCUT2D eigenvalue weighted by Crippen LogP contribution is 2.33. The Hall–Kier alpha value is -2.14. The maximum Gasteiger partial charge on any atom is 0.153 e. The van der Waals surface area contributed by atoms with Crippen molar-refractivity contribution in [3.8, 4) is 11.5 Å². The highest BCUT2D eigenvalue weighted by Gasteiger charge is 2.34. The van der Waals surface area contributed by atoms with Crippen molar-refractivity contribution in [1.82, 2.24) is 4.98 Å². The van der Waals surface area contributed by atoms with Gasteiger partial charge < -0.3 is 14.2 Å². The third kappa shape index (κ3) is 3.29. The van der Waals surface area contributed by atoms with Crippen LogP contribution >= 0.6 is 0 Å². The molecule has 23 heavy (non-hydrogen) atoms. The van der Waals surface area contributed by atoms with Crippen molar-refractivity contribution in [3.05, 3.63) is 30.0 Å². The monoisotopic (exact) mass is 315 g/mol. The molecule has 0 spiro atoms. The van der Waals surface area contributed by atoms with Crippen LogP contribution in [0.4, 0.5) is 0 Å². The van der Waals surface area contributed by atoms with Crippen LogP contribution in [0.15, 0.2) is 24.4 Å². The lowest BCUT2D eigenvalue weighted by Crippen LogP contribution is -2.44. The third-order valence-electron chi connectivity index (χ3n) is 3.80. The Morgan fingerprint density at radius 1 is 1.35 bits per heavy atom. The molecule has 5 nitrogen and oxygen atoms in total. The summed E-state index contributed by atoms with van der Waals surface area (Å²) in [5.74, 6) is 1.30. The Morgan fingerprint density at radius 2 is 2.13 bits per heavy atom. The number of rotatable bonds is 6. The van der Waals surface area contributed by atoms with Gasteiger partial charge in [-0.05, 0) is 32.0 Å². The number of fused-ring (bicyclic) bond motifs is 1. The molecule has 0 saturated carbocycles. The third-order valence-corrected chi connectivity index (χ3v) is 3.80. The van der Waals surface area contributed by atoms with Crippen LogP contribution in [0.25, 0.3) is 10.9 Å². The lowest BCUT2D eigenvalue weighted by atomic mass is 9.90. The number of pyridine rings is 1. The summed E-state index contributed by atoms with van der Waals surface area (Å²) in [6, 6.07) is 5.41. The van der Waals surface area contributed by atoms with E-state index in [1.54, 1.807) is 12.3 Å². The van der Waals surface area contributed by atoms with Crippen LogP contribution < -0.4 is 9.47 Å². The summed E-state index contributed by atoms with van der Waals surface area (Å²) in [5, 5.41) is 0.845. The largest absolute Gasteiger partial charge is 0.492 e. The summed E-state index contributed by atoms with van der Waals surface area (Å²) in [6.07, 6.45) is 2.46. The lowest BCUT2D eigenvalue weighted by Gasteiger charge is -2.37. The van der Waals surface area contributed by atoms with Crippen LogP contribution in [0, 0.1) is 5.41 Å². The molecular formula is C18H21NO4. The van der Waals surface area contributed by atoms with Crippen molar-refractivity contribution < 1.29 is 19.0 Å². The number of ether oxygens (including phenoxy) is 3. The molecule has 0 aliphatic carbocycles. The number of carbonyl (C=O) groups is 1. The molecule has 1 aromatic carbocycles. The molecule has 122 valence electrons. The van der Waals surface area contributed by atoms with Gasteiger partial charge in [-0.15, -0.1) is 0 Å². The predicted molar refractivity (Wildman–Crippen MR) is 87.3 cm³/mol. The van der Waals surface area contributed by atoms with E-state index in [1.807, 2.05) is 26.0 Å². The highest BCUT2D eigenvalue weighted by molar-refractivity contribution is 5.93. The summed E-state index contributed by atoms with van der Waals surface area (Å²) in [7, 11) is 0. The van der Waals surface area contributed by atoms with Crippen molar-refractivity contribution in [2.45, 2.75) is 26.9 Å². The summed E-state index contributed by atoms with van der Waals surface area (Å²) in [6.45, 7) is 8.01. The van der Waals surface area contributed by atoms with E-state index in [0.717, 1.165) is 22.9 Å². The van der Waals surface area contributed by atoms with Gasteiger partial charge >= 0.3 is 0 Å². The van der Waals surface area contributed by atoms with Gasteiger partial charge in [0.25, 0.3) is 0 Å². The topological polar surface area (TPSA) is 57.6 Å². The summed E-state index contributed by atoms with van der Waals surface area (Å²) in [4.78, 5) is 15.6. The summed E-state index contributed by atoms with van der Waals surface area (Å²) in [5.41, 5.74) is 1.28. The Labute approximate surface area is 135 Å². The molecule has 0 amide bonds. The van der Waals surface area contributed by atoms with Gasteiger partial charge in [-0.3, -0.25) is 9.78 Å². The first-order chi connectivity index (χ1) is 11.0. The molecule has 1 aromatic heterocycles. The van der Waals surface area contributed by atoms with Crippen molar-refractivity contribution in [2.75, 3.05) is 19.8 Å². The van der Waals surface area contributed by atoms with Crippen LogP contribution in [-0.4, -0.2) is 37.2 Å². The minimum Gasteiger partial charge on any atom is -0.492 e. The Morgan fingerprint density at radius 3 is 2.74 bits per heavy atom. The van der Waals surface area contributed by atoms with E-state index < -0.39 is 0 Å². The van der Waals surface area contributed by atoms with Gasteiger partial charge in [0, 0.05) is 17.0 Å². The van der Waals surface area contributed by atoms with Crippen LogP contribution in [0.5, 0.6) is 11.5 Å². The zero-order chi connectivity index (χ0) is 16.4. The lowest BCUT2D eigenvalue weighted by molar-refractivity contribution is -0.120. The van der Waals surface area contributed by atoms with Crippen molar-refractivity contribution in [3.63, 3.8) is 0 Å². The molecule has 0 N–H and O–H groups in total. The van der Waals surface area contributed by atoms with Gasteiger partial charge in [0.05, 0.1) is 37.0 Å². The number of aldehydes is 1. The molecule has 1 saturated heterocycles. The van der Waals surface area contributed by atoms with Crippen LogP contribution in [0.3, 0.4) is 0 Å². The minimum absolute atomic E-state index is 0.0155. The summed E-state index contributed by atoms with van der Waals surface area (Å²) >= 11 is 0. The predicted octanol–water partition coefficient (Wildman–Crippen LogP) is 3.25. The van der Waals surface area contributed by atoms with Gasteiger partial charge in [0.15, 0.2) is 6.29 Å². The maximum atomic E-state index is 11.3. The zero-order valence-corrected chi connectivity index (χ0v) is 13.7. The second kappa shape index (κ2) is 6.16. The van der Waals surface area contributed by atoms with Gasteiger partial charge in [-0.2, -0.15) is 0 Å². The fraction of sp³-hybridized carbons (Fsp3) is 0.444. The molecule has 0 unspecified atom stereocenters. The van der Waals surface area contributed by atoms with E-state index in [9.17, 15) is 4.79 Å². The quantitative estimate of drug-likeness (QED) is 0.766. The average Bonchev–Trinajstić information content (AvgIpc) is 2.50. The van der Waals surface area contributed by atoms with E-state index in [2.05, 4.69) is 11.9 Å². The summed E-state index contributed by atoms with van der Waals surface area (Å²) < 4.78 is 17.0. The second-order valence-electron chi connectivity index (χ2n) is 6.59. The second-order valence-corrected chi connectivity index (χ2v) is 6.59. The van der Waals surface area contributed by atoms with Crippen molar-refractivity contribution >= 4 is 17.2 Å². The first kappa shape index (κ1) is 15.7. The van der Waals surface area contributed by atoms with Gasteiger partial charge in [0.1, 0.15) is 11.5 Å². The zero-order valence-electron chi connectivity index (χ0n) is 13.7. The van der Waals surface area contributed by atoms with E-state index in [4.69, 9.17) is 14.2 Å². The van der Waals surface area contributed by atoms with Crippen LogP contribution in [-0.2, 0) is 4.74 Å². The Kier molecular flexibility index (Phi) is 4.22. The van der Waals surface area contributed by atoms with Crippen LogP contribution in [0.2, 0.25) is 0 Å². The average molecular weight is 315 g/mol. The van der Waals surface area contributed by atoms with Gasteiger partial charge in [0.2, 0.25) is 0 Å². The smallest absolute Gasteiger partial charge is 0.153 e. The standard InChI is InChI=1S/C18H21NO4/c1-12(2)23-17-7-14-15(6-13(17)8-20)19-5-4-16(14)22-11-18(3)9-21-10-18/h4-8,12H,9-11H2,1-3H3. The maximum absolute atomic E-state index is 11.3. The molecule has 0 atom stereocenters. The number of carbonyl (C=O) groups excluding carboxylic acids is 1. The molecule has 3 rings (SSSR count). The highest BCUT2D eigenvalue weighted by atomic mass is 16.5. The number of aromatic nitrogens is 1. The SMILES string of the molecule is CC(C)Oc1cc2c(OCC3(C)COC3)ccnc2cc1C=O. The minimum atomic E-state index is -0.0155. The molecule has 5 heteroatoms. The molecule has 1 aliphatic rings. The number of nitrogens with zero attached hydrogens (tertiary/aromatic N) is 1. The van der Waals surface area contributed by atoms with Gasteiger partial charge in [-0.25, -0.2) is 0 Å². The van der Waals surface area contributed by atoms with Crippen molar-refractivity contribution in [1.29, 1.82) is 0 Å².